The second-order valence-corrected chi connectivity index (χ2v) is 3.80. The fourth-order valence-electron chi connectivity index (χ4n) is 1.38. The maximum Gasteiger partial charge on any atom is 0.305 e. The topological polar surface area (TPSA) is 43.4 Å². The molecule has 1 aromatic carbocycles. The third-order valence-electron chi connectivity index (χ3n) is 2.61. The summed E-state index contributed by atoms with van der Waals surface area (Å²) in [6, 6.07) is 5.57. The van der Waals surface area contributed by atoms with E-state index in [1.807, 2.05) is 26.0 Å². The highest BCUT2D eigenvalue weighted by molar-refractivity contribution is 5.97. The number of rotatable bonds is 4. The molecule has 1 aromatic rings. The zero-order valence-electron chi connectivity index (χ0n) is 9.87. The summed E-state index contributed by atoms with van der Waals surface area (Å²) in [7, 11) is 1.32. The molecule has 0 aliphatic rings. The summed E-state index contributed by atoms with van der Waals surface area (Å²) in [5.41, 5.74) is 2.90. The minimum atomic E-state index is -0.350. The highest BCUT2D eigenvalue weighted by Gasteiger charge is 2.09. The van der Waals surface area contributed by atoms with Gasteiger partial charge in [-0.2, -0.15) is 0 Å². The Balaban J connectivity index is 2.66. The number of benzene rings is 1. The summed E-state index contributed by atoms with van der Waals surface area (Å²) >= 11 is 0. The maximum absolute atomic E-state index is 11.7. The van der Waals surface area contributed by atoms with E-state index in [1.54, 1.807) is 6.07 Å². The summed E-state index contributed by atoms with van der Waals surface area (Å²) in [5, 5.41) is 0. The Morgan fingerprint density at radius 2 is 1.81 bits per heavy atom. The van der Waals surface area contributed by atoms with Crippen LogP contribution in [-0.2, 0) is 9.53 Å². The molecule has 16 heavy (non-hydrogen) atoms. The maximum atomic E-state index is 11.7. The molecule has 0 fully saturated rings. The monoisotopic (exact) mass is 220 g/mol. The van der Waals surface area contributed by atoms with E-state index in [4.69, 9.17) is 0 Å². The van der Waals surface area contributed by atoms with Gasteiger partial charge in [-0.15, -0.1) is 0 Å². The largest absolute Gasteiger partial charge is 0.469 e. The van der Waals surface area contributed by atoms with Crippen molar-refractivity contribution in [2.75, 3.05) is 7.11 Å². The first-order valence-electron chi connectivity index (χ1n) is 5.22. The van der Waals surface area contributed by atoms with Crippen LogP contribution >= 0.6 is 0 Å². The predicted octanol–water partition coefficient (Wildman–Crippen LogP) is 2.44. The van der Waals surface area contributed by atoms with Crippen LogP contribution in [0, 0.1) is 13.8 Å². The zero-order chi connectivity index (χ0) is 12.1. The third-order valence-corrected chi connectivity index (χ3v) is 2.61. The Labute approximate surface area is 95.4 Å². The molecule has 86 valence electrons. The molecule has 0 bridgehead atoms. The van der Waals surface area contributed by atoms with Crippen molar-refractivity contribution in [3.05, 3.63) is 34.9 Å². The van der Waals surface area contributed by atoms with Gasteiger partial charge in [-0.1, -0.05) is 12.1 Å². The first kappa shape index (κ1) is 12.4. The lowest BCUT2D eigenvalue weighted by atomic mass is 10.0. The molecule has 3 nitrogen and oxygen atoms in total. The normalized spacial score (nSPS) is 9.94. The van der Waals surface area contributed by atoms with Crippen molar-refractivity contribution in [2.24, 2.45) is 0 Å². The van der Waals surface area contributed by atoms with E-state index in [0.717, 1.165) is 11.1 Å². The second kappa shape index (κ2) is 5.45. The molecule has 0 saturated heterocycles. The quantitative estimate of drug-likeness (QED) is 0.578. The van der Waals surface area contributed by atoms with Crippen molar-refractivity contribution in [3.8, 4) is 0 Å². The lowest BCUT2D eigenvalue weighted by Crippen LogP contribution is -2.06. The van der Waals surface area contributed by atoms with Gasteiger partial charge in [-0.3, -0.25) is 9.59 Å². The van der Waals surface area contributed by atoms with E-state index in [9.17, 15) is 9.59 Å². The number of Topliss-reactive ketones (excluding diaryl/α,β-unsaturated/α-hetero) is 1. The van der Waals surface area contributed by atoms with Gasteiger partial charge in [-0.05, 0) is 31.0 Å². The molecular weight excluding hydrogens is 204 g/mol. The number of carbonyl (C=O) groups excluding carboxylic acids is 2. The van der Waals surface area contributed by atoms with Crippen LogP contribution in [0.4, 0.5) is 0 Å². The Bertz CT molecular complexity index is 408. The van der Waals surface area contributed by atoms with Crippen LogP contribution in [0.15, 0.2) is 18.2 Å². The van der Waals surface area contributed by atoms with E-state index in [0.29, 0.717) is 5.56 Å². The van der Waals surface area contributed by atoms with Gasteiger partial charge in [0.1, 0.15) is 0 Å². The van der Waals surface area contributed by atoms with Gasteiger partial charge in [0.15, 0.2) is 5.78 Å². The van der Waals surface area contributed by atoms with Gasteiger partial charge in [-0.25, -0.2) is 0 Å². The number of aryl methyl sites for hydroxylation is 2. The molecule has 0 radical (unpaired) electrons. The summed E-state index contributed by atoms with van der Waals surface area (Å²) in [6.45, 7) is 3.96. The molecule has 0 saturated carbocycles. The van der Waals surface area contributed by atoms with Crippen LogP contribution in [0.3, 0.4) is 0 Å². The van der Waals surface area contributed by atoms with Crippen molar-refractivity contribution in [1.82, 2.24) is 0 Å². The molecule has 3 heteroatoms. The molecule has 0 aliphatic carbocycles. The summed E-state index contributed by atoms with van der Waals surface area (Å²) in [6.07, 6.45) is 0.345. The summed E-state index contributed by atoms with van der Waals surface area (Å²) < 4.78 is 4.49. The Hall–Kier alpha value is -1.64. The lowest BCUT2D eigenvalue weighted by Gasteiger charge is -2.04. The van der Waals surface area contributed by atoms with Crippen molar-refractivity contribution >= 4 is 11.8 Å². The van der Waals surface area contributed by atoms with E-state index in [-0.39, 0.29) is 24.6 Å². The molecule has 0 aliphatic heterocycles. The van der Waals surface area contributed by atoms with Gasteiger partial charge in [0.2, 0.25) is 0 Å². The molecule has 0 aromatic heterocycles. The van der Waals surface area contributed by atoms with Crippen LogP contribution in [0.1, 0.15) is 34.3 Å². The third kappa shape index (κ3) is 3.19. The first-order valence-corrected chi connectivity index (χ1v) is 5.22. The van der Waals surface area contributed by atoms with Crippen molar-refractivity contribution in [3.63, 3.8) is 0 Å². The lowest BCUT2D eigenvalue weighted by molar-refractivity contribution is -0.140. The molecule has 0 amide bonds. The number of methoxy groups -OCH3 is 1. The van der Waals surface area contributed by atoms with E-state index in [2.05, 4.69) is 4.74 Å². The van der Waals surface area contributed by atoms with Crippen LogP contribution in [0.2, 0.25) is 0 Å². The number of hydrogen-bond donors (Lipinski definition) is 0. The standard InChI is InChI=1S/C13H16O3/c1-9-4-5-11(8-10(9)2)12(14)6-7-13(15)16-3/h4-5,8H,6-7H2,1-3H3. The van der Waals surface area contributed by atoms with Crippen LogP contribution in [0.5, 0.6) is 0 Å². The number of hydrogen-bond acceptors (Lipinski definition) is 3. The SMILES string of the molecule is COC(=O)CCC(=O)c1ccc(C)c(C)c1. The Morgan fingerprint density at radius 3 is 2.38 bits per heavy atom. The Kier molecular flexibility index (Phi) is 4.23. The van der Waals surface area contributed by atoms with Gasteiger partial charge in [0, 0.05) is 12.0 Å². The Morgan fingerprint density at radius 1 is 1.12 bits per heavy atom. The minimum absolute atomic E-state index is 0.0199. The smallest absolute Gasteiger partial charge is 0.305 e. The van der Waals surface area contributed by atoms with Crippen molar-refractivity contribution in [1.29, 1.82) is 0 Å². The van der Waals surface area contributed by atoms with Crippen LogP contribution in [-0.4, -0.2) is 18.9 Å². The molecule has 0 heterocycles. The van der Waals surface area contributed by atoms with Crippen LogP contribution in [0.25, 0.3) is 0 Å². The van der Waals surface area contributed by atoms with Crippen molar-refractivity contribution in [2.45, 2.75) is 26.7 Å². The molecular formula is C13H16O3. The molecule has 1 rings (SSSR count). The van der Waals surface area contributed by atoms with E-state index >= 15 is 0 Å². The van der Waals surface area contributed by atoms with Gasteiger partial charge in [0.05, 0.1) is 13.5 Å². The summed E-state index contributed by atoms with van der Waals surface area (Å²) in [5.74, 6) is -0.370. The number of ether oxygens (including phenoxy) is 1. The zero-order valence-corrected chi connectivity index (χ0v) is 9.87. The molecule has 0 atom stereocenters. The average molecular weight is 220 g/mol. The first-order chi connectivity index (χ1) is 7.54. The molecule has 0 spiro atoms. The number of esters is 1. The number of carbonyl (C=O) groups is 2. The number of ketones is 1. The van der Waals surface area contributed by atoms with E-state index < -0.39 is 0 Å². The highest BCUT2D eigenvalue weighted by atomic mass is 16.5. The summed E-state index contributed by atoms with van der Waals surface area (Å²) in [4.78, 5) is 22.6. The molecule has 0 unspecified atom stereocenters. The fraction of sp³-hybridized carbons (Fsp3) is 0.385. The van der Waals surface area contributed by atoms with Gasteiger partial charge in [0.25, 0.3) is 0 Å². The van der Waals surface area contributed by atoms with Gasteiger partial charge < -0.3 is 4.74 Å². The second-order valence-electron chi connectivity index (χ2n) is 3.80. The predicted molar refractivity (Wildman–Crippen MR) is 61.5 cm³/mol. The van der Waals surface area contributed by atoms with E-state index in [1.165, 1.54) is 7.11 Å². The van der Waals surface area contributed by atoms with Gasteiger partial charge >= 0.3 is 5.97 Å². The van der Waals surface area contributed by atoms with Crippen LogP contribution < -0.4 is 0 Å². The average Bonchev–Trinajstić information content (AvgIpc) is 2.29. The molecule has 0 N–H and O–H groups in total. The van der Waals surface area contributed by atoms with Crippen molar-refractivity contribution < 1.29 is 14.3 Å². The fourth-order valence-corrected chi connectivity index (χ4v) is 1.38. The highest BCUT2D eigenvalue weighted by Crippen LogP contribution is 2.12. The minimum Gasteiger partial charge on any atom is -0.469 e.